The highest BCUT2D eigenvalue weighted by Gasteiger charge is 2.26. The quantitative estimate of drug-likeness (QED) is 0.341. The van der Waals surface area contributed by atoms with Crippen molar-refractivity contribution in [1.29, 1.82) is 0 Å². The van der Waals surface area contributed by atoms with Gasteiger partial charge in [0.2, 0.25) is 0 Å². The predicted octanol–water partition coefficient (Wildman–Crippen LogP) is 6.74. The molecule has 0 saturated heterocycles. The Hall–Kier alpha value is -0.870. The number of halogens is 2. The van der Waals surface area contributed by atoms with Crippen molar-refractivity contribution in [3.8, 4) is 11.5 Å². The van der Waals surface area contributed by atoms with Crippen molar-refractivity contribution in [3.63, 3.8) is 0 Å². The normalized spacial score (nSPS) is 12.7. The fourth-order valence-electron chi connectivity index (χ4n) is 4.32. The van der Waals surface area contributed by atoms with E-state index in [1.165, 1.54) is 16.7 Å². The van der Waals surface area contributed by atoms with Crippen LogP contribution in [0.3, 0.4) is 0 Å². The molecule has 0 aliphatic heterocycles. The molecule has 2 aromatic rings. The number of aliphatic carboxylic acids is 1. The van der Waals surface area contributed by atoms with E-state index in [0.717, 1.165) is 47.3 Å². The minimum Gasteiger partial charge on any atom is -0.480 e. The van der Waals surface area contributed by atoms with E-state index in [0.29, 0.717) is 6.42 Å². The van der Waals surface area contributed by atoms with E-state index in [1.807, 2.05) is 13.8 Å². The molecular formula is C25H33I2NO3. The second-order valence-electron chi connectivity index (χ2n) is 9.22. The van der Waals surface area contributed by atoms with E-state index in [-0.39, 0.29) is 5.41 Å². The Morgan fingerprint density at radius 1 is 1.06 bits per heavy atom. The Balaban J connectivity index is 2.67. The first kappa shape index (κ1) is 26.4. The van der Waals surface area contributed by atoms with Crippen LogP contribution in [0.4, 0.5) is 0 Å². The number of benzene rings is 2. The topological polar surface area (TPSA) is 72.5 Å². The summed E-state index contributed by atoms with van der Waals surface area (Å²) in [7, 11) is 0. The average molecular weight is 649 g/mol. The van der Waals surface area contributed by atoms with Crippen molar-refractivity contribution in [3.05, 3.63) is 52.2 Å². The van der Waals surface area contributed by atoms with E-state index < -0.39 is 12.0 Å². The van der Waals surface area contributed by atoms with Crippen LogP contribution in [0.1, 0.15) is 66.6 Å². The summed E-state index contributed by atoms with van der Waals surface area (Å²) >= 11 is 4.62. The number of aryl methyl sites for hydroxylation is 2. The monoisotopic (exact) mass is 649 g/mol. The number of nitrogens with two attached hydrogens (primary N) is 1. The van der Waals surface area contributed by atoms with Gasteiger partial charge in [0.15, 0.2) is 5.75 Å². The zero-order chi connectivity index (χ0) is 23.8. The molecule has 0 aliphatic carbocycles. The Bertz CT molecular complexity index is 994. The highest BCUT2D eigenvalue weighted by atomic mass is 127. The Kier molecular flexibility index (Phi) is 8.47. The minimum absolute atomic E-state index is 0.0181. The molecule has 0 fully saturated rings. The van der Waals surface area contributed by atoms with Gasteiger partial charge in [-0.25, -0.2) is 0 Å². The average Bonchev–Trinajstić information content (AvgIpc) is 2.67. The maximum absolute atomic E-state index is 11.3. The SMILES string of the molecule is CCc1cc(C)c(Oc2c(I)c(C)c(CC(N)C(=O)O)c(C)c2I)c(C)c1C(C)(C)C. The number of ether oxygens (including phenoxy) is 1. The second-order valence-corrected chi connectivity index (χ2v) is 11.4. The molecule has 2 rings (SSSR count). The lowest BCUT2D eigenvalue weighted by molar-refractivity contribution is -0.138. The lowest BCUT2D eigenvalue weighted by Gasteiger charge is -2.28. The van der Waals surface area contributed by atoms with Crippen molar-refractivity contribution < 1.29 is 14.6 Å². The Morgan fingerprint density at radius 2 is 1.58 bits per heavy atom. The summed E-state index contributed by atoms with van der Waals surface area (Å²) < 4.78 is 8.64. The van der Waals surface area contributed by atoms with Crippen LogP contribution in [-0.2, 0) is 23.1 Å². The van der Waals surface area contributed by atoms with E-state index in [2.05, 4.69) is 92.8 Å². The van der Waals surface area contributed by atoms with E-state index in [9.17, 15) is 9.90 Å². The highest BCUT2D eigenvalue weighted by molar-refractivity contribution is 14.1. The Labute approximate surface area is 213 Å². The van der Waals surface area contributed by atoms with Crippen LogP contribution in [0.25, 0.3) is 0 Å². The number of hydrogen-bond donors (Lipinski definition) is 2. The highest BCUT2D eigenvalue weighted by Crippen LogP contribution is 2.43. The molecule has 0 saturated carbocycles. The number of carboxylic acid groups (broad SMARTS) is 1. The lowest BCUT2D eigenvalue weighted by Crippen LogP contribution is -2.33. The van der Waals surface area contributed by atoms with Gasteiger partial charge in [-0.3, -0.25) is 4.79 Å². The van der Waals surface area contributed by atoms with Gasteiger partial charge >= 0.3 is 5.97 Å². The van der Waals surface area contributed by atoms with Gasteiger partial charge in [-0.1, -0.05) is 33.8 Å². The third kappa shape index (κ3) is 5.38. The standard InChI is InChI=1S/C25H33I2NO3/c1-9-16-10-12(2)22(15(5)19(16)25(6,7)8)31-23-20(26)13(3)17(14(4)21(23)27)11-18(28)24(29)30/h10,18H,9,11,28H2,1-8H3,(H,29,30). The largest absolute Gasteiger partial charge is 0.480 e. The van der Waals surface area contributed by atoms with E-state index >= 15 is 0 Å². The Morgan fingerprint density at radius 3 is 2.00 bits per heavy atom. The van der Waals surface area contributed by atoms with Gasteiger partial charge in [-0.15, -0.1) is 0 Å². The molecule has 3 N–H and O–H groups in total. The first-order chi connectivity index (χ1) is 14.2. The van der Waals surface area contributed by atoms with E-state index in [1.54, 1.807) is 0 Å². The van der Waals surface area contributed by atoms with Gasteiger partial charge < -0.3 is 15.6 Å². The number of hydrogen-bond acceptors (Lipinski definition) is 3. The van der Waals surface area contributed by atoms with Gasteiger partial charge in [-0.05, 0) is 130 Å². The molecular weight excluding hydrogens is 616 g/mol. The van der Waals surface area contributed by atoms with Crippen LogP contribution in [0.5, 0.6) is 11.5 Å². The van der Waals surface area contributed by atoms with Crippen molar-refractivity contribution >= 4 is 51.2 Å². The van der Waals surface area contributed by atoms with Crippen molar-refractivity contribution in [2.75, 3.05) is 0 Å². The maximum atomic E-state index is 11.3. The summed E-state index contributed by atoms with van der Waals surface area (Å²) in [6.07, 6.45) is 1.29. The molecule has 0 heterocycles. The summed E-state index contributed by atoms with van der Waals surface area (Å²) in [6.45, 7) is 17.2. The van der Waals surface area contributed by atoms with Gasteiger partial charge in [-0.2, -0.15) is 0 Å². The molecule has 0 aromatic heterocycles. The van der Waals surface area contributed by atoms with Crippen molar-refractivity contribution in [2.24, 2.45) is 5.73 Å². The molecule has 0 aliphatic rings. The molecule has 4 nitrogen and oxygen atoms in total. The molecule has 1 atom stereocenters. The predicted molar refractivity (Wildman–Crippen MR) is 145 cm³/mol. The van der Waals surface area contributed by atoms with Crippen LogP contribution >= 0.6 is 45.2 Å². The summed E-state index contributed by atoms with van der Waals surface area (Å²) in [5.74, 6) is 0.756. The van der Waals surface area contributed by atoms with Crippen LogP contribution in [0.2, 0.25) is 0 Å². The zero-order valence-corrected chi connectivity index (χ0v) is 24.0. The lowest BCUT2D eigenvalue weighted by atomic mass is 9.79. The fourth-order valence-corrected chi connectivity index (χ4v) is 6.24. The summed E-state index contributed by atoms with van der Waals surface area (Å²) in [5.41, 5.74) is 13.9. The van der Waals surface area contributed by atoms with Crippen LogP contribution < -0.4 is 10.5 Å². The molecule has 0 spiro atoms. The molecule has 31 heavy (non-hydrogen) atoms. The summed E-state index contributed by atoms with van der Waals surface area (Å²) in [4.78, 5) is 11.3. The first-order valence-corrected chi connectivity index (χ1v) is 12.6. The van der Waals surface area contributed by atoms with Gasteiger partial charge in [0, 0.05) is 0 Å². The maximum Gasteiger partial charge on any atom is 0.320 e. The molecule has 1 unspecified atom stereocenters. The van der Waals surface area contributed by atoms with Crippen LogP contribution in [0.15, 0.2) is 6.07 Å². The van der Waals surface area contributed by atoms with Gasteiger partial charge in [0.1, 0.15) is 11.8 Å². The zero-order valence-electron chi connectivity index (χ0n) is 19.7. The van der Waals surface area contributed by atoms with Gasteiger partial charge in [0.25, 0.3) is 0 Å². The summed E-state index contributed by atoms with van der Waals surface area (Å²) in [5, 5.41) is 9.26. The molecule has 2 aromatic carbocycles. The number of carboxylic acids is 1. The molecule has 170 valence electrons. The second kappa shape index (κ2) is 9.95. The third-order valence-corrected chi connectivity index (χ3v) is 8.42. The van der Waals surface area contributed by atoms with E-state index in [4.69, 9.17) is 10.5 Å². The third-order valence-electron chi connectivity index (χ3n) is 5.82. The molecule has 6 heteroatoms. The van der Waals surface area contributed by atoms with Crippen LogP contribution in [0, 0.1) is 34.8 Å². The minimum atomic E-state index is -0.985. The molecule has 0 radical (unpaired) electrons. The first-order valence-electron chi connectivity index (χ1n) is 10.5. The van der Waals surface area contributed by atoms with Gasteiger partial charge in [0.05, 0.1) is 7.14 Å². The fraction of sp³-hybridized carbons (Fsp3) is 0.480. The molecule has 0 amide bonds. The smallest absolute Gasteiger partial charge is 0.320 e. The summed E-state index contributed by atoms with van der Waals surface area (Å²) in [6, 6.07) is 1.33. The number of rotatable bonds is 6. The number of carbonyl (C=O) groups is 1. The van der Waals surface area contributed by atoms with Crippen LogP contribution in [-0.4, -0.2) is 17.1 Å². The van der Waals surface area contributed by atoms with Crippen molar-refractivity contribution in [2.45, 2.75) is 79.7 Å². The molecule has 0 bridgehead atoms. The van der Waals surface area contributed by atoms with Crippen molar-refractivity contribution in [1.82, 2.24) is 0 Å².